The highest BCUT2D eigenvalue weighted by Crippen LogP contribution is 2.45. The maximum atomic E-state index is 5.00. The molecule has 0 fully saturated rings. The van der Waals surface area contributed by atoms with Gasteiger partial charge >= 0.3 is 0 Å². The minimum Gasteiger partial charge on any atom is -0.354 e. The number of aromatic nitrogens is 1. The van der Waals surface area contributed by atoms with Crippen molar-refractivity contribution in [2.75, 3.05) is 5.32 Å². The van der Waals surface area contributed by atoms with Gasteiger partial charge in [-0.2, -0.15) is 0 Å². The average molecular weight is 282 g/mol. The summed E-state index contributed by atoms with van der Waals surface area (Å²) < 4.78 is 0. The van der Waals surface area contributed by atoms with Gasteiger partial charge < -0.3 is 5.32 Å². The van der Waals surface area contributed by atoms with Gasteiger partial charge in [0.05, 0.1) is 11.2 Å². The Balaban J connectivity index is 2.07. The number of hydrogen-bond donors (Lipinski definition) is 1. The largest absolute Gasteiger partial charge is 0.354 e. The molecule has 2 nitrogen and oxygen atoms in total. The third kappa shape index (κ3) is 1.41. The number of fused-ring (bicyclic) bond motifs is 4. The van der Waals surface area contributed by atoms with E-state index in [1.807, 2.05) is 0 Å². The van der Waals surface area contributed by atoms with E-state index < -0.39 is 0 Å². The summed E-state index contributed by atoms with van der Waals surface area (Å²) in [5.41, 5.74) is 6.90. The Labute approximate surface area is 128 Å². The van der Waals surface area contributed by atoms with Gasteiger partial charge in [0, 0.05) is 27.7 Å². The zero-order valence-corrected chi connectivity index (χ0v) is 12.2. The molecule has 1 N–H and O–H groups in total. The molecule has 0 bridgehead atoms. The van der Waals surface area contributed by atoms with E-state index >= 15 is 0 Å². The lowest BCUT2D eigenvalue weighted by Crippen LogP contribution is -2.04. The van der Waals surface area contributed by atoms with Gasteiger partial charge in [-0.05, 0) is 36.1 Å². The zero-order valence-electron chi connectivity index (χ0n) is 12.2. The lowest BCUT2D eigenvalue weighted by atomic mass is 9.92. The average Bonchev–Trinajstić information content (AvgIpc) is 2.55. The van der Waals surface area contributed by atoms with E-state index in [2.05, 4.69) is 72.9 Å². The first-order valence-corrected chi connectivity index (χ1v) is 7.51. The third-order valence-electron chi connectivity index (χ3n) is 4.51. The lowest BCUT2D eigenvalue weighted by molar-refractivity contribution is 1.36. The van der Waals surface area contributed by atoms with Crippen LogP contribution in [0.1, 0.15) is 5.56 Å². The van der Waals surface area contributed by atoms with E-state index in [1.54, 1.807) is 0 Å². The Morgan fingerprint density at radius 1 is 0.773 bits per heavy atom. The highest BCUT2D eigenvalue weighted by atomic mass is 14.9. The second-order valence-electron chi connectivity index (χ2n) is 5.83. The second kappa shape index (κ2) is 4.08. The molecule has 0 aliphatic carbocycles. The van der Waals surface area contributed by atoms with E-state index in [0.717, 1.165) is 22.6 Å². The van der Waals surface area contributed by atoms with Crippen LogP contribution >= 0.6 is 0 Å². The molecule has 0 unspecified atom stereocenters. The van der Waals surface area contributed by atoms with E-state index in [-0.39, 0.29) is 0 Å². The van der Waals surface area contributed by atoms with Crippen molar-refractivity contribution in [3.63, 3.8) is 0 Å². The van der Waals surface area contributed by atoms with Gasteiger partial charge in [-0.25, -0.2) is 4.98 Å². The van der Waals surface area contributed by atoms with Crippen LogP contribution in [-0.2, 0) is 0 Å². The van der Waals surface area contributed by atoms with Crippen LogP contribution in [0.3, 0.4) is 0 Å². The van der Waals surface area contributed by atoms with Crippen LogP contribution in [0, 0.1) is 6.92 Å². The molecule has 0 atom stereocenters. The van der Waals surface area contributed by atoms with Crippen LogP contribution in [-0.4, -0.2) is 4.98 Å². The smallest absolute Gasteiger partial charge is 0.0832 e. The number of rotatable bonds is 0. The summed E-state index contributed by atoms with van der Waals surface area (Å²) in [6.07, 6.45) is 0. The van der Waals surface area contributed by atoms with Crippen LogP contribution in [0.25, 0.3) is 32.9 Å². The molecule has 1 aliphatic rings. The van der Waals surface area contributed by atoms with E-state index in [1.165, 1.54) is 27.3 Å². The maximum Gasteiger partial charge on any atom is 0.0832 e. The Bertz CT molecular complexity index is 1060. The van der Waals surface area contributed by atoms with Crippen LogP contribution in [0.15, 0.2) is 60.7 Å². The second-order valence-corrected chi connectivity index (χ2v) is 5.83. The van der Waals surface area contributed by atoms with Crippen molar-refractivity contribution in [3.8, 4) is 11.3 Å². The molecule has 104 valence electrons. The molecule has 0 saturated carbocycles. The normalized spacial score (nSPS) is 12.2. The number of aryl methyl sites for hydroxylation is 1. The van der Waals surface area contributed by atoms with E-state index in [0.29, 0.717) is 0 Å². The summed E-state index contributed by atoms with van der Waals surface area (Å²) in [6.45, 7) is 2.15. The van der Waals surface area contributed by atoms with Gasteiger partial charge in [0.2, 0.25) is 0 Å². The summed E-state index contributed by atoms with van der Waals surface area (Å²) in [5.74, 6) is 0. The highest BCUT2D eigenvalue weighted by Gasteiger charge is 2.21. The summed E-state index contributed by atoms with van der Waals surface area (Å²) in [4.78, 5) is 5.00. The lowest BCUT2D eigenvalue weighted by Gasteiger charge is -2.23. The predicted octanol–water partition coefficient (Wildman–Crippen LogP) is 5.42. The molecule has 3 aromatic carbocycles. The molecule has 0 spiro atoms. The molecule has 4 aromatic rings. The van der Waals surface area contributed by atoms with Crippen molar-refractivity contribution >= 4 is 33.1 Å². The van der Waals surface area contributed by atoms with Crippen molar-refractivity contribution < 1.29 is 0 Å². The van der Waals surface area contributed by atoms with Gasteiger partial charge in [-0.1, -0.05) is 42.5 Å². The Kier molecular flexibility index (Phi) is 2.18. The molecular weight excluding hydrogens is 268 g/mol. The summed E-state index contributed by atoms with van der Waals surface area (Å²) in [7, 11) is 0. The number of anilines is 2. The molecule has 0 saturated heterocycles. The van der Waals surface area contributed by atoms with Gasteiger partial charge in [0.25, 0.3) is 0 Å². The van der Waals surface area contributed by atoms with Gasteiger partial charge in [0.1, 0.15) is 0 Å². The fourth-order valence-corrected chi connectivity index (χ4v) is 3.52. The topological polar surface area (TPSA) is 24.9 Å². The molecule has 22 heavy (non-hydrogen) atoms. The van der Waals surface area contributed by atoms with E-state index in [9.17, 15) is 0 Å². The number of para-hydroxylation sites is 1. The first-order chi connectivity index (χ1) is 10.8. The summed E-state index contributed by atoms with van der Waals surface area (Å²) >= 11 is 0. The van der Waals surface area contributed by atoms with Gasteiger partial charge in [0.15, 0.2) is 0 Å². The van der Waals surface area contributed by atoms with Crippen LogP contribution in [0.5, 0.6) is 0 Å². The number of hydrogen-bond acceptors (Lipinski definition) is 2. The molecule has 1 aliphatic heterocycles. The predicted molar refractivity (Wildman–Crippen MR) is 92.7 cm³/mol. The van der Waals surface area contributed by atoms with Crippen molar-refractivity contribution in [3.05, 3.63) is 66.2 Å². The standard InChI is InChI=1S/C20H14N2/c1-12-6-4-10-16-18(12)20-19-14(8-5-11-17(19)21-16)13-7-2-3-9-15(13)22-20/h2-11,21H,1H3. The third-order valence-corrected chi connectivity index (χ3v) is 4.51. The van der Waals surface area contributed by atoms with Crippen molar-refractivity contribution in [2.45, 2.75) is 6.92 Å². The molecule has 0 radical (unpaired) electrons. The first kappa shape index (κ1) is 11.8. The zero-order chi connectivity index (χ0) is 14.7. The molecule has 0 amide bonds. The quantitative estimate of drug-likeness (QED) is 0.383. The van der Waals surface area contributed by atoms with Crippen LogP contribution < -0.4 is 5.32 Å². The molecule has 1 aromatic heterocycles. The Morgan fingerprint density at radius 3 is 2.50 bits per heavy atom. The highest BCUT2D eigenvalue weighted by molar-refractivity contribution is 6.18. The first-order valence-electron chi connectivity index (χ1n) is 7.51. The fourth-order valence-electron chi connectivity index (χ4n) is 3.52. The van der Waals surface area contributed by atoms with E-state index in [4.69, 9.17) is 4.98 Å². The summed E-state index contributed by atoms with van der Waals surface area (Å²) in [5, 5.41) is 7.27. The minimum absolute atomic E-state index is 1.05. The number of pyridine rings is 1. The van der Waals surface area contributed by atoms with Crippen LogP contribution in [0.2, 0.25) is 0 Å². The number of nitrogens with one attached hydrogen (secondary N) is 1. The number of benzene rings is 3. The molecule has 2 heteroatoms. The minimum atomic E-state index is 1.05. The SMILES string of the molecule is Cc1cccc2c1-c1nc3ccccc3c3cccc(c13)N2. The van der Waals surface area contributed by atoms with Crippen molar-refractivity contribution in [2.24, 2.45) is 0 Å². The Hall–Kier alpha value is -2.87. The molecule has 5 rings (SSSR count). The maximum absolute atomic E-state index is 5.00. The fraction of sp³-hybridized carbons (Fsp3) is 0.0500. The van der Waals surface area contributed by atoms with Gasteiger partial charge in [-0.15, -0.1) is 0 Å². The molecular formula is C20H14N2. The summed E-state index contributed by atoms with van der Waals surface area (Å²) in [6, 6.07) is 21.2. The monoisotopic (exact) mass is 282 g/mol. The van der Waals surface area contributed by atoms with Crippen molar-refractivity contribution in [1.82, 2.24) is 4.98 Å². The van der Waals surface area contributed by atoms with Gasteiger partial charge in [-0.3, -0.25) is 0 Å². The number of nitrogens with zero attached hydrogens (tertiary/aromatic N) is 1. The Morgan fingerprint density at radius 2 is 1.55 bits per heavy atom. The van der Waals surface area contributed by atoms with Crippen LogP contribution in [0.4, 0.5) is 11.4 Å². The van der Waals surface area contributed by atoms with Crippen molar-refractivity contribution in [1.29, 1.82) is 0 Å². The molecule has 2 heterocycles.